The molecule has 0 unspecified atom stereocenters. The minimum Gasteiger partial charge on any atom is -0.313 e. The predicted octanol–water partition coefficient (Wildman–Crippen LogP) is 4.07. The minimum absolute atomic E-state index is 0.344. The fourth-order valence-electron chi connectivity index (χ4n) is 3.34. The van der Waals surface area contributed by atoms with Gasteiger partial charge in [0.1, 0.15) is 0 Å². The van der Waals surface area contributed by atoms with Gasteiger partial charge in [0.2, 0.25) is 0 Å². The first kappa shape index (κ1) is 20.8. The monoisotopic (exact) mass is 380 g/mol. The van der Waals surface area contributed by atoms with Crippen molar-refractivity contribution in [3.05, 3.63) is 20.8 Å². The number of aromatic amines is 1. The van der Waals surface area contributed by atoms with E-state index in [2.05, 4.69) is 16.9 Å². The zero-order valence-corrected chi connectivity index (χ0v) is 17.2. The topological polar surface area (TPSA) is 72.7 Å². The summed E-state index contributed by atoms with van der Waals surface area (Å²) in [5, 5.41) is 0.794. The first-order chi connectivity index (χ1) is 12.6. The van der Waals surface area contributed by atoms with E-state index in [0.29, 0.717) is 11.2 Å². The third-order valence-electron chi connectivity index (χ3n) is 4.89. The van der Waals surface area contributed by atoms with Gasteiger partial charge in [0.15, 0.2) is 16.3 Å². The summed E-state index contributed by atoms with van der Waals surface area (Å²) in [7, 11) is 1.64. The molecule has 0 radical (unpaired) electrons. The molecule has 0 atom stereocenters. The van der Waals surface area contributed by atoms with Crippen LogP contribution in [-0.4, -0.2) is 25.4 Å². The number of H-pyrrole nitrogens is 1. The molecule has 0 aliphatic rings. The molecule has 2 rings (SSSR count). The fourth-order valence-corrected chi connectivity index (χ4v) is 3.92. The highest BCUT2D eigenvalue weighted by atomic mass is 32.2. The van der Waals surface area contributed by atoms with Crippen LogP contribution in [0, 0.1) is 0 Å². The molecule has 26 heavy (non-hydrogen) atoms. The molecular weight excluding hydrogens is 348 g/mol. The molecule has 0 spiro atoms. The maximum absolute atomic E-state index is 12.2. The van der Waals surface area contributed by atoms with E-state index >= 15 is 0 Å². The van der Waals surface area contributed by atoms with Crippen LogP contribution < -0.4 is 11.2 Å². The van der Waals surface area contributed by atoms with E-state index in [0.717, 1.165) is 24.5 Å². The van der Waals surface area contributed by atoms with Gasteiger partial charge < -0.3 is 4.57 Å². The van der Waals surface area contributed by atoms with E-state index < -0.39 is 5.69 Å². The third-order valence-corrected chi connectivity index (χ3v) is 5.57. The number of aryl methyl sites for hydroxylation is 2. The molecule has 0 saturated carbocycles. The van der Waals surface area contributed by atoms with Crippen LogP contribution in [0.1, 0.15) is 71.1 Å². The Labute approximate surface area is 159 Å². The lowest BCUT2D eigenvalue weighted by atomic mass is 10.1. The number of unbranched alkanes of at least 4 members (excludes halogenated alkanes) is 9. The van der Waals surface area contributed by atoms with Gasteiger partial charge in [-0.2, -0.15) is 0 Å². The summed E-state index contributed by atoms with van der Waals surface area (Å²) in [5.41, 5.74) is 0.212. The number of rotatable bonds is 12. The summed E-state index contributed by atoms with van der Waals surface area (Å²) in [5.74, 6) is 0. The number of imidazole rings is 1. The highest BCUT2D eigenvalue weighted by Gasteiger charge is 2.16. The summed E-state index contributed by atoms with van der Waals surface area (Å²) in [6.45, 7) is 3.02. The average molecular weight is 381 g/mol. The molecule has 1 N–H and O–H groups in total. The van der Waals surface area contributed by atoms with E-state index in [-0.39, 0.29) is 5.56 Å². The number of hydrogen-bond acceptors (Lipinski definition) is 4. The van der Waals surface area contributed by atoms with Crippen molar-refractivity contribution in [1.29, 1.82) is 0 Å². The summed E-state index contributed by atoms with van der Waals surface area (Å²) < 4.78 is 3.37. The molecule has 0 amide bonds. The maximum atomic E-state index is 12.2. The van der Waals surface area contributed by atoms with Gasteiger partial charge in [0.25, 0.3) is 5.56 Å². The van der Waals surface area contributed by atoms with E-state index in [1.807, 2.05) is 10.8 Å². The largest absolute Gasteiger partial charge is 0.329 e. The summed E-state index contributed by atoms with van der Waals surface area (Å²) in [4.78, 5) is 30.9. The predicted molar refractivity (Wildman–Crippen MR) is 109 cm³/mol. The second-order valence-electron chi connectivity index (χ2n) is 6.92. The van der Waals surface area contributed by atoms with Crippen molar-refractivity contribution >= 4 is 22.9 Å². The van der Waals surface area contributed by atoms with Crippen molar-refractivity contribution in [2.75, 3.05) is 6.26 Å². The van der Waals surface area contributed by atoms with E-state index in [1.165, 1.54) is 67.7 Å². The molecule has 2 aromatic heterocycles. The van der Waals surface area contributed by atoms with Gasteiger partial charge in [-0.25, -0.2) is 9.78 Å². The minimum atomic E-state index is -0.418. The first-order valence-electron chi connectivity index (χ1n) is 9.83. The smallest absolute Gasteiger partial charge is 0.313 e. The van der Waals surface area contributed by atoms with E-state index in [1.54, 1.807) is 7.05 Å². The Morgan fingerprint density at radius 3 is 2.12 bits per heavy atom. The van der Waals surface area contributed by atoms with Crippen LogP contribution in [0.5, 0.6) is 0 Å². The molecule has 146 valence electrons. The van der Waals surface area contributed by atoms with Crippen molar-refractivity contribution in [1.82, 2.24) is 19.1 Å². The van der Waals surface area contributed by atoms with Gasteiger partial charge in [-0.15, -0.1) is 0 Å². The summed E-state index contributed by atoms with van der Waals surface area (Å²) in [6.07, 6.45) is 14.8. The van der Waals surface area contributed by atoms with E-state index in [4.69, 9.17) is 0 Å². The number of thioether (sulfide) groups is 1. The summed E-state index contributed by atoms with van der Waals surface area (Å²) in [6, 6.07) is 0. The lowest BCUT2D eigenvalue weighted by Gasteiger charge is -2.07. The van der Waals surface area contributed by atoms with Crippen LogP contribution in [0.3, 0.4) is 0 Å². The lowest BCUT2D eigenvalue weighted by Crippen LogP contribution is -2.29. The first-order valence-corrected chi connectivity index (χ1v) is 11.1. The molecule has 6 nitrogen and oxygen atoms in total. The quantitative estimate of drug-likeness (QED) is 0.445. The van der Waals surface area contributed by atoms with Gasteiger partial charge in [-0.05, 0) is 12.7 Å². The molecule has 0 aliphatic carbocycles. The van der Waals surface area contributed by atoms with Crippen LogP contribution in [0.15, 0.2) is 14.7 Å². The zero-order chi connectivity index (χ0) is 18.9. The molecule has 0 bridgehead atoms. The molecule has 7 heteroatoms. The van der Waals surface area contributed by atoms with Crippen molar-refractivity contribution < 1.29 is 0 Å². The second-order valence-corrected chi connectivity index (χ2v) is 7.70. The third kappa shape index (κ3) is 5.25. The fraction of sp³-hybridized carbons (Fsp3) is 0.737. The molecule has 0 aliphatic heterocycles. The Hall–Kier alpha value is -1.50. The van der Waals surface area contributed by atoms with Crippen molar-refractivity contribution in [2.24, 2.45) is 7.05 Å². The molecule has 2 aromatic rings. The number of aromatic nitrogens is 4. The highest BCUT2D eigenvalue weighted by molar-refractivity contribution is 7.98. The van der Waals surface area contributed by atoms with Crippen LogP contribution in [0.2, 0.25) is 0 Å². The van der Waals surface area contributed by atoms with Gasteiger partial charge >= 0.3 is 5.69 Å². The number of nitrogens with one attached hydrogen (secondary N) is 1. The normalized spacial score (nSPS) is 11.5. The van der Waals surface area contributed by atoms with Crippen LogP contribution in [0.4, 0.5) is 0 Å². The number of fused-ring (bicyclic) bond motifs is 1. The molecule has 2 heterocycles. The Morgan fingerprint density at radius 2 is 1.54 bits per heavy atom. The Bertz CT molecular complexity index is 806. The highest BCUT2D eigenvalue weighted by Crippen LogP contribution is 2.20. The lowest BCUT2D eigenvalue weighted by molar-refractivity contribution is 0.527. The molecular formula is C19H32N4O2S. The van der Waals surface area contributed by atoms with Gasteiger partial charge in [-0.3, -0.25) is 14.3 Å². The van der Waals surface area contributed by atoms with E-state index in [9.17, 15) is 9.59 Å². The van der Waals surface area contributed by atoms with Crippen molar-refractivity contribution in [2.45, 2.75) is 82.8 Å². The number of hydrogen-bond donors (Lipinski definition) is 1. The molecule has 0 saturated heterocycles. The van der Waals surface area contributed by atoms with Crippen molar-refractivity contribution in [3.63, 3.8) is 0 Å². The SMILES string of the molecule is CCCCCCCCCCCCn1c(SC)nc2c1c(=O)[nH]c(=O)n2C. The van der Waals surface area contributed by atoms with Crippen molar-refractivity contribution in [3.8, 4) is 0 Å². The van der Waals surface area contributed by atoms with Crippen LogP contribution >= 0.6 is 11.8 Å². The summed E-state index contributed by atoms with van der Waals surface area (Å²) >= 11 is 1.51. The van der Waals surface area contributed by atoms with Gasteiger partial charge in [-0.1, -0.05) is 76.5 Å². The van der Waals surface area contributed by atoms with Gasteiger partial charge in [0.05, 0.1) is 0 Å². The molecule has 0 aromatic carbocycles. The Morgan fingerprint density at radius 1 is 0.962 bits per heavy atom. The zero-order valence-electron chi connectivity index (χ0n) is 16.3. The standard InChI is InChI=1S/C19H32N4O2S/c1-4-5-6-7-8-9-10-11-12-13-14-23-15-16(20-19(23)26-3)22(2)18(25)21-17(15)24/h4-14H2,1-3H3,(H,21,24,25). The van der Waals surface area contributed by atoms with Crippen LogP contribution in [-0.2, 0) is 13.6 Å². The Kier molecular flexibility index (Phi) is 8.48. The average Bonchev–Trinajstić information content (AvgIpc) is 3.00. The van der Waals surface area contributed by atoms with Gasteiger partial charge in [0, 0.05) is 13.6 Å². The molecule has 0 fully saturated rings. The van der Waals surface area contributed by atoms with Crippen LogP contribution in [0.25, 0.3) is 11.2 Å². The Balaban J connectivity index is 1.86. The second kappa shape index (κ2) is 10.6. The maximum Gasteiger partial charge on any atom is 0.329 e. The number of nitrogens with zero attached hydrogens (tertiary/aromatic N) is 3.